The maximum Gasteiger partial charge on any atom is 0.317 e. The number of carboxylic acids is 1. The third kappa shape index (κ3) is 8.92. The Hall–Kier alpha value is -3.52. The first kappa shape index (κ1) is 28.7. The van der Waals surface area contributed by atoms with Crippen molar-refractivity contribution in [3.8, 4) is 0 Å². The molecule has 0 radical (unpaired) electrons. The molecule has 0 saturated heterocycles. The van der Waals surface area contributed by atoms with Gasteiger partial charge in [0.25, 0.3) is 5.56 Å². The number of nitrogens with one attached hydrogen (secondary N) is 1. The first-order valence-electron chi connectivity index (χ1n) is 11.1. The number of aliphatic carboxylic acids is 1. The highest BCUT2D eigenvalue weighted by Gasteiger charge is 2.20. The highest BCUT2D eigenvalue weighted by Crippen LogP contribution is 2.14. The van der Waals surface area contributed by atoms with Crippen molar-refractivity contribution in [3.63, 3.8) is 0 Å². The number of rotatable bonds is 14. The second-order valence-electron chi connectivity index (χ2n) is 8.12. The van der Waals surface area contributed by atoms with Crippen LogP contribution in [0.4, 0.5) is 0 Å². The number of aromatic amines is 1. The number of carbonyl (C=O) groups excluding carboxylic acids is 3. The van der Waals surface area contributed by atoms with E-state index in [0.717, 1.165) is 0 Å². The third-order valence-corrected chi connectivity index (χ3v) is 5.12. The summed E-state index contributed by atoms with van der Waals surface area (Å²) in [5, 5.41) is 8.64. The molecule has 2 rings (SSSR count). The first-order valence-corrected chi connectivity index (χ1v) is 11.5. The molecular weight excluding hydrogens is 498 g/mol. The molecular formula is C22H29N3O10S. The number of ether oxygens (including phenoxy) is 4. The molecule has 2 N–H and O–H groups in total. The SMILES string of the molecule is CC(=O)OCC(COC(=O)CC(=O)O)CC(=O)OCn1ccc2c1c(=O)[nH]c(=S)n2CCOC(C)C. The van der Waals surface area contributed by atoms with Gasteiger partial charge in [-0.15, -0.1) is 0 Å². The molecule has 36 heavy (non-hydrogen) atoms. The normalized spacial score (nSPS) is 11.9. The van der Waals surface area contributed by atoms with Gasteiger partial charge in [-0.25, -0.2) is 0 Å². The minimum atomic E-state index is -1.36. The lowest BCUT2D eigenvalue weighted by Gasteiger charge is -2.16. The molecule has 1 unspecified atom stereocenters. The molecule has 1 atom stereocenters. The summed E-state index contributed by atoms with van der Waals surface area (Å²) in [5.41, 5.74) is 0.348. The van der Waals surface area contributed by atoms with Crippen LogP contribution in [-0.4, -0.2) is 69.0 Å². The summed E-state index contributed by atoms with van der Waals surface area (Å²) < 4.78 is 24.0. The Kier molecular flexibility index (Phi) is 10.8. The fraction of sp³-hybridized carbons (Fsp3) is 0.545. The van der Waals surface area contributed by atoms with E-state index in [-0.39, 0.29) is 42.8 Å². The van der Waals surface area contributed by atoms with Gasteiger partial charge < -0.3 is 33.2 Å². The van der Waals surface area contributed by atoms with E-state index in [1.165, 1.54) is 11.5 Å². The van der Waals surface area contributed by atoms with Crippen LogP contribution < -0.4 is 5.56 Å². The molecule has 13 nitrogen and oxygen atoms in total. The standard InChI is InChI=1S/C22H29N3O10S/c1-13(2)32-7-6-25-16-4-5-24(20(16)21(31)23-22(25)36)12-35-18(29)8-15(10-33-14(3)26)11-34-19(30)9-17(27)28/h4-5,13,15H,6-12H2,1-3H3,(H,27,28)(H,23,31,36). The monoisotopic (exact) mass is 527 g/mol. The van der Waals surface area contributed by atoms with E-state index in [4.69, 9.17) is 36.3 Å². The molecule has 2 aromatic heterocycles. The molecule has 0 spiro atoms. The fourth-order valence-electron chi connectivity index (χ4n) is 3.19. The second-order valence-corrected chi connectivity index (χ2v) is 8.51. The predicted molar refractivity (Wildman–Crippen MR) is 127 cm³/mol. The van der Waals surface area contributed by atoms with Gasteiger partial charge in [0, 0.05) is 25.6 Å². The van der Waals surface area contributed by atoms with E-state index >= 15 is 0 Å². The minimum absolute atomic E-state index is 0.0341. The van der Waals surface area contributed by atoms with E-state index in [1.807, 2.05) is 13.8 Å². The predicted octanol–water partition coefficient (Wildman–Crippen LogP) is 1.37. The lowest BCUT2D eigenvalue weighted by molar-refractivity contribution is -0.157. The molecule has 0 aliphatic carbocycles. The van der Waals surface area contributed by atoms with E-state index in [2.05, 4.69) is 4.98 Å². The number of nitrogens with zero attached hydrogens (tertiary/aromatic N) is 2. The fourth-order valence-corrected chi connectivity index (χ4v) is 3.47. The Bertz CT molecular complexity index is 1210. The van der Waals surface area contributed by atoms with Crippen molar-refractivity contribution < 1.29 is 43.2 Å². The molecule has 0 amide bonds. The molecule has 0 saturated carbocycles. The van der Waals surface area contributed by atoms with Crippen LogP contribution in [0.5, 0.6) is 0 Å². The number of esters is 3. The average molecular weight is 528 g/mol. The molecule has 0 aromatic carbocycles. The summed E-state index contributed by atoms with van der Waals surface area (Å²) in [6, 6.07) is 1.68. The number of aromatic nitrogens is 3. The van der Waals surface area contributed by atoms with Crippen molar-refractivity contribution in [2.45, 2.75) is 53.0 Å². The quantitative estimate of drug-likeness (QED) is 0.157. The van der Waals surface area contributed by atoms with Crippen LogP contribution in [0.1, 0.15) is 33.6 Å². The molecule has 2 heterocycles. The zero-order valence-corrected chi connectivity index (χ0v) is 21.0. The summed E-state index contributed by atoms with van der Waals surface area (Å²) in [6.07, 6.45) is 0.486. The smallest absolute Gasteiger partial charge is 0.317 e. The lowest BCUT2D eigenvalue weighted by Crippen LogP contribution is -2.25. The van der Waals surface area contributed by atoms with Crippen molar-refractivity contribution >= 4 is 47.1 Å². The largest absolute Gasteiger partial charge is 0.481 e. The Balaban J connectivity index is 2.07. The Morgan fingerprint density at radius 2 is 1.81 bits per heavy atom. The highest BCUT2D eigenvalue weighted by atomic mass is 32.1. The summed E-state index contributed by atoms with van der Waals surface area (Å²) in [7, 11) is 0. The third-order valence-electron chi connectivity index (χ3n) is 4.80. The average Bonchev–Trinajstić information content (AvgIpc) is 3.20. The number of fused-ring (bicyclic) bond motifs is 1. The molecule has 0 aliphatic heterocycles. The Morgan fingerprint density at radius 3 is 2.44 bits per heavy atom. The maximum atomic E-state index is 12.5. The molecule has 0 aliphatic rings. The van der Waals surface area contributed by atoms with E-state index in [0.29, 0.717) is 18.7 Å². The molecule has 198 valence electrons. The van der Waals surface area contributed by atoms with Gasteiger partial charge in [0.1, 0.15) is 11.9 Å². The zero-order valence-electron chi connectivity index (χ0n) is 20.2. The maximum absolute atomic E-state index is 12.5. The highest BCUT2D eigenvalue weighted by molar-refractivity contribution is 7.71. The second kappa shape index (κ2) is 13.5. The van der Waals surface area contributed by atoms with Crippen molar-refractivity contribution in [2.75, 3.05) is 19.8 Å². The van der Waals surface area contributed by atoms with E-state index in [1.54, 1.807) is 16.8 Å². The Labute approximate surface area is 210 Å². The van der Waals surface area contributed by atoms with Gasteiger partial charge in [-0.3, -0.25) is 29.0 Å². The van der Waals surface area contributed by atoms with Crippen molar-refractivity contribution in [2.24, 2.45) is 5.92 Å². The van der Waals surface area contributed by atoms with Gasteiger partial charge in [-0.05, 0) is 32.1 Å². The van der Waals surface area contributed by atoms with Gasteiger partial charge in [-0.2, -0.15) is 0 Å². The summed E-state index contributed by atoms with van der Waals surface area (Å²) in [5.74, 6) is -4.42. The van der Waals surface area contributed by atoms with Crippen LogP contribution >= 0.6 is 12.2 Å². The van der Waals surface area contributed by atoms with Crippen LogP contribution in [0.2, 0.25) is 0 Å². The lowest BCUT2D eigenvalue weighted by atomic mass is 10.1. The van der Waals surface area contributed by atoms with Crippen LogP contribution in [-0.2, 0) is 51.4 Å². The van der Waals surface area contributed by atoms with Crippen molar-refractivity contribution in [1.82, 2.24) is 14.1 Å². The molecule has 2 aromatic rings. The van der Waals surface area contributed by atoms with Crippen LogP contribution in [0.15, 0.2) is 17.1 Å². The number of carboxylic acid groups (broad SMARTS) is 1. The molecule has 0 bridgehead atoms. The van der Waals surface area contributed by atoms with E-state index < -0.39 is 41.8 Å². The number of carbonyl (C=O) groups is 4. The van der Waals surface area contributed by atoms with Crippen LogP contribution in [0.3, 0.4) is 0 Å². The minimum Gasteiger partial charge on any atom is -0.481 e. The van der Waals surface area contributed by atoms with Gasteiger partial charge >= 0.3 is 23.9 Å². The van der Waals surface area contributed by atoms with Crippen molar-refractivity contribution in [1.29, 1.82) is 0 Å². The van der Waals surface area contributed by atoms with Gasteiger partial charge in [-0.1, -0.05) is 0 Å². The number of hydrogen-bond donors (Lipinski definition) is 2. The summed E-state index contributed by atoms with van der Waals surface area (Å²) in [6.45, 7) is 4.91. The molecule has 14 heteroatoms. The van der Waals surface area contributed by atoms with Crippen molar-refractivity contribution in [3.05, 3.63) is 27.4 Å². The first-order chi connectivity index (χ1) is 17.0. The summed E-state index contributed by atoms with van der Waals surface area (Å²) >= 11 is 5.27. The summed E-state index contributed by atoms with van der Waals surface area (Å²) in [4.78, 5) is 60.8. The Morgan fingerprint density at radius 1 is 1.11 bits per heavy atom. The van der Waals surface area contributed by atoms with Gasteiger partial charge in [0.2, 0.25) is 0 Å². The zero-order chi connectivity index (χ0) is 26.8. The van der Waals surface area contributed by atoms with E-state index in [9.17, 15) is 24.0 Å². The topological polar surface area (TPSA) is 168 Å². The molecule has 0 fully saturated rings. The number of hydrogen-bond acceptors (Lipinski definition) is 10. The van der Waals surface area contributed by atoms with Gasteiger partial charge in [0.15, 0.2) is 11.5 Å². The number of H-pyrrole nitrogens is 1. The van der Waals surface area contributed by atoms with Gasteiger partial charge in [0.05, 0.1) is 37.9 Å². The van der Waals surface area contributed by atoms with Crippen LogP contribution in [0.25, 0.3) is 11.0 Å². The van der Waals surface area contributed by atoms with Crippen LogP contribution in [0, 0.1) is 10.7 Å².